The van der Waals surface area contributed by atoms with E-state index in [-0.39, 0.29) is 0 Å². The first-order valence-electron chi connectivity index (χ1n) is 10.2. The Morgan fingerprint density at radius 3 is 2.62 bits per heavy atom. The fourth-order valence-corrected chi connectivity index (χ4v) is 4.34. The average molecular weight is 412 g/mol. The number of hydrogen-bond donors (Lipinski definition) is 1. The van der Waals surface area contributed by atoms with Crippen LogP contribution in [0.25, 0.3) is 10.8 Å². The molecule has 3 heterocycles. The zero-order chi connectivity index (χ0) is 20.2. The maximum atomic E-state index is 5.36. The van der Waals surface area contributed by atoms with Gasteiger partial charge >= 0.3 is 0 Å². The Hall–Kier alpha value is -2.06. The maximum Gasteiger partial charge on any atom is 0.268 e. The first-order valence-corrected chi connectivity index (χ1v) is 11.0. The van der Waals surface area contributed by atoms with Gasteiger partial charge in [0.15, 0.2) is 5.82 Å². The summed E-state index contributed by atoms with van der Waals surface area (Å²) in [5, 5.41) is 9.57. The number of aryl methyl sites for hydroxylation is 2. The highest BCUT2D eigenvalue weighted by Gasteiger charge is 2.16. The van der Waals surface area contributed by atoms with Crippen molar-refractivity contribution in [1.82, 2.24) is 25.3 Å². The van der Waals surface area contributed by atoms with E-state index in [1.165, 1.54) is 22.3 Å². The first-order chi connectivity index (χ1) is 14.1. The standard InChI is InChI=1S/C22H29N5OS/c1-16-11-17(2)19(15-27-8-6-26(3)7-9-27)12-18(16)13-23-14-21-24-22(28-25-21)20-5-4-10-29-20/h4-5,10-12,23H,6-9,13-15H2,1-3H3. The molecule has 1 fully saturated rings. The van der Waals surface area contributed by atoms with Crippen molar-refractivity contribution < 1.29 is 4.52 Å². The van der Waals surface area contributed by atoms with Crippen molar-refractivity contribution in [3.63, 3.8) is 0 Å². The summed E-state index contributed by atoms with van der Waals surface area (Å²) >= 11 is 1.61. The number of benzene rings is 1. The van der Waals surface area contributed by atoms with Crippen LogP contribution >= 0.6 is 11.3 Å². The Morgan fingerprint density at radius 1 is 1.07 bits per heavy atom. The highest BCUT2D eigenvalue weighted by Crippen LogP contribution is 2.22. The number of nitrogens with one attached hydrogen (secondary N) is 1. The molecule has 7 heteroatoms. The number of thiophene rings is 1. The van der Waals surface area contributed by atoms with Crippen molar-refractivity contribution in [1.29, 1.82) is 0 Å². The Morgan fingerprint density at radius 2 is 1.86 bits per heavy atom. The molecule has 4 rings (SSSR count). The molecule has 1 saturated heterocycles. The van der Waals surface area contributed by atoms with E-state index in [0.29, 0.717) is 18.3 Å². The predicted molar refractivity (Wildman–Crippen MR) is 117 cm³/mol. The minimum absolute atomic E-state index is 0.593. The molecule has 0 aliphatic carbocycles. The van der Waals surface area contributed by atoms with Crippen molar-refractivity contribution in [3.8, 4) is 10.8 Å². The van der Waals surface area contributed by atoms with E-state index < -0.39 is 0 Å². The number of hydrogen-bond acceptors (Lipinski definition) is 7. The third-order valence-corrected chi connectivity index (χ3v) is 6.44. The fourth-order valence-electron chi connectivity index (χ4n) is 3.69. The minimum Gasteiger partial charge on any atom is -0.333 e. The summed E-state index contributed by atoms with van der Waals surface area (Å²) in [4.78, 5) is 10.4. The summed E-state index contributed by atoms with van der Waals surface area (Å²) in [5.74, 6) is 1.29. The normalized spacial score (nSPS) is 15.8. The van der Waals surface area contributed by atoms with Gasteiger partial charge in [0.05, 0.1) is 11.4 Å². The molecule has 1 N–H and O–H groups in total. The zero-order valence-corrected chi connectivity index (χ0v) is 18.3. The largest absolute Gasteiger partial charge is 0.333 e. The van der Waals surface area contributed by atoms with Crippen molar-refractivity contribution in [2.75, 3.05) is 33.2 Å². The summed E-state index contributed by atoms with van der Waals surface area (Å²) in [6, 6.07) is 8.66. The second-order valence-electron chi connectivity index (χ2n) is 7.88. The fraction of sp³-hybridized carbons (Fsp3) is 0.455. The van der Waals surface area contributed by atoms with Crippen molar-refractivity contribution in [2.45, 2.75) is 33.5 Å². The molecule has 1 aliphatic heterocycles. The molecule has 154 valence electrons. The monoisotopic (exact) mass is 411 g/mol. The molecule has 29 heavy (non-hydrogen) atoms. The number of nitrogens with zero attached hydrogens (tertiary/aromatic N) is 4. The number of likely N-dealkylation sites (N-methyl/N-ethyl adjacent to an activating group) is 1. The molecule has 3 aromatic rings. The second kappa shape index (κ2) is 9.17. The Bertz CT molecular complexity index is 929. The van der Waals surface area contributed by atoms with E-state index in [0.717, 1.165) is 44.1 Å². The maximum absolute atomic E-state index is 5.36. The lowest BCUT2D eigenvalue weighted by Gasteiger charge is -2.32. The quantitative estimate of drug-likeness (QED) is 0.643. The number of rotatable bonds is 7. The second-order valence-corrected chi connectivity index (χ2v) is 8.83. The van der Waals surface area contributed by atoms with Gasteiger partial charge in [-0.05, 0) is 54.6 Å². The summed E-state index contributed by atoms with van der Waals surface area (Å²) in [7, 11) is 2.20. The summed E-state index contributed by atoms with van der Waals surface area (Å²) in [6.45, 7) is 11.4. The van der Waals surface area contributed by atoms with E-state index in [9.17, 15) is 0 Å². The lowest BCUT2D eigenvalue weighted by atomic mass is 9.99. The van der Waals surface area contributed by atoms with Crippen LogP contribution in [-0.4, -0.2) is 53.2 Å². The molecule has 0 amide bonds. The number of piperazine rings is 1. The van der Waals surface area contributed by atoms with Gasteiger partial charge < -0.3 is 14.7 Å². The van der Waals surface area contributed by atoms with Gasteiger partial charge in [0.2, 0.25) is 0 Å². The molecule has 1 aliphatic rings. The SMILES string of the molecule is Cc1cc(C)c(CN2CCN(C)CC2)cc1CNCc1noc(-c2cccs2)n1. The lowest BCUT2D eigenvalue weighted by molar-refractivity contribution is 0.148. The van der Waals surface area contributed by atoms with Gasteiger partial charge in [-0.2, -0.15) is 4.98 Å². The zero-order valence-electron chi connectivity index (χ0n) is 17.4. The van der Waals surface area contributed by atoms with Gasteiger partial charge in [-0.25, -0.2) is 0 Å². The van der Waals surface area contributed by atoms with Crippen LogP contribution in [0.2, 0.25) is 0 Å². The third-order valence-electron chi connectivity index (χ3n) is 5.58. The Balaban J connectivity index is 1.36. The molecule has 0 bridgehead atoms. The predicted octanol–water partition coefficient (Wildman–Crippen LogP) is 3.45. The molecule has 0 saturated carbocycles. The molecule has 0 unspecified atom stereocenters. The number of aromatic nitrogens is 2. The van der Waals surface area contributed by atoms with Crippen LogP contribution in [0.3, 0.4) is 0 Å². The highest BCUT2D eigenvalue weighted by molar-refractivity contribution is 7.13. The van der Waals surface area contributed by atoms with Crippen LogP contribution in [0.4, 0.5) is 0 Å². The lowest BCUT2D eigenvalue weighted by Crippen LogP contribution is -2.44. The molecule has 2 aromatic heterocycles. The van der Waals surface area contributed by atoms with Gasteiger partial charge in [0.25, 0.3) is 5.89 Å². The first kappa shape index (κ1) is 20.2. The molecular weight excluding hydrogens is 382 g/mol. The van der Waals surface area contributed by atoms with Crippen LogP contribution in [0.5, 0.6) is 0 Å². The smallest absolute Gasteiger partial charge is 0.268 e. The summed E-state index contributed by atoms with van der Waals surface area (Å²) in [6.07, 6.45) is 0. The van der Waals surface area contributed by atoms with Crippen LogP contribution in [0.15, 0.2) is 34.2 Å². The van der Waals surface area contributed by atoms with Crippen molar-refractivity contribution >= 4 is 11.3 Å². The topological polar surface area (TPSA) is 57.4 Å². The van der Waals surface area contributed by atoms with Crippen LogP contribution < -0.4 is 5.32 Å². The highest BCUT2D eigenvalue weighted by atomic mass is 32.1. The van der Waals surface area contributed by atoms with Crippen molar-refractivity contribution in [3.05, 3.63) is 57.7 Å². The van der Waals surface area contributed by atoms with E-state index in [4.69, 9.17) is 4.52 Å². The van der Waals surface area contributed by atoms with Crippen molar-refractivity contribution in [2.24, 2.45) is 0 Å². The summed E-state index contributed by atoms with van der Waals surface area (Å²) < 4.78 is 5.36. The Labute approximate surface area is 176 Å². The van der Waals surface area contributed by atoms with Crippen LogP contribution in [0.1, 0.15) is 28.1 Å². The molecule has 1 aromatic carbocycles. The van der Waals surface area contributed by atoms with E-state index >= 15 is 0 Å². The average Bonchev–Trinajstić information content (AvgIpc) is 3.38. The summed E-state index contributed by atoms with van der Waals surface area (Å²) in [5.41, 5.74) is 5.46. The van der Waals surface area contributed by atoms with E-state index in [1.54, 1.807) is 11.3 Å². The van der Waals surface area contributed by atoms with E-state index in [1.807, 2.05) is 17.5 Å². The van der Waals surface area contributed by atoms with Gasteiger partial charge in [-0.15, -0.1) is 11.3 Å². The molecule has 0 spiro atoms. The molecule has 0 atom stereocenters. The van der Waals surface area contributed by atoms with Gasteiger partial charge in [0.1, 0.15) is 0 Å². The third kappa shape index (κ3) is 5.11. The molecular formula is C22H29N5OS. The van der Waals surface area contributed by atoms with Crippen LogP contribution in [0, 0.1) is 13.8 Å². The molecule has 0 radical (unpaired) electrons. The minimum atomic E-state index is 0.593. The van der Waals surface area contributed by atoms with Gasteiger partial charge in [-0.1, -0.05) is 23.4 Å². The Kier molecular flexibility index (Phi) is 6.40. The van der Waals surface area contributed by atoms with Crippen LogP contribution in [-0.2, 0) is 19.6 Å². The van der Waals surface area contributed by atoms with Gasteiger partial charge in [-0.3, -0.25) is 4.90 Å². The van der Waals surface area contributed by atoms with E-state index in [2.05, 4.69) is 58.3 Å². The molecule has 6 nitrogen and oxygen atoms in total. The van der Waals surface area contributed by atoms with Gasteiger partial charge in [0, 0.05) is 39.3 Å².